The summed E-state index contributed by atoms with van der Waals surface area (Å²) in [6, 6.07) is 13.3. The van der Waals surface area contributed by atoms with Crippen molar-refractivity contribution >= 4 is 5.69 Å². The quantitative estimate of drug-likeness (QED) is 0.673. The highest BCUT2D eigenvalue weighted by molar-refractivity contribution is 5.42. The van der Waals surface area contributed by atoms with E-state index in [1.165, 1.54) is 12.1 Å². The van der Waals surface area contributed by atoms with E-state index in [0.29, 0.717) is 11.5 Å². The van der Waals surface area contributed by atoms with E-state index in [1.54, 1.807) is 12.1 Å². The Morgan fingerprint density at radius 1 is 1.16 bits per heavy atom. The summed E-state index contributed by atoms with van der Waals surface area (Å²) < 4.78 is 5.70. The second kappa shape index (κ2) is 5.49. The van der Waals surface area contributed by atoms with Crippen LogP contribution in [0.15, 0.2) is 48.5 Å². The number of para-hydroxylation sites is 1. The number of rotatable bonds is 4. The first kappa shape index (κ1) is 13.0. The standard InChI is InChI=1S/C14H14N2O3/c1-10(15)13-4-2-3-5-14(13)19-12-8-6-11(7-9-12)16(17)18/h2-10H,15H2,1H3/t10-/m1/s1. The molecule has 0 aliphatic rings. The molecule has 0 saturated heterocycles. The minimum Gasteiger partial charge on any atom is -0.457 e. The highest BCUT2D eigenvalue weighted by Gasteiger charge is 2.09. The smallest absolute Gasteiger partial charge is 0.269 e. The van der Waals surface area contributed by atoms with Gasteiger partial charge in [-0.15, -0.1) is 0 Å². The molecule has 5 nitrogen and oxygen atoms in total. The fourth-order valence-corrected chi connectivity index (χ4v) is 1.71. The lowest BCUT2D eigenvalue weighted by atomic mass is 10.1. The number of nitro groups is 1. The molecule has 0 unspecified atom stereocenters. The summed E-state index contributed by atoms with van der Waals surface area (Å²) in [4.78, 5) is 10.1. The minimum atomic E-state index is -0.445. The molecule has 2 aromatic rings. The van der Waals surface area contributed by atoms with Gasteiger partial charge in [-0.25, -0.2) is 0 Å². The van der Waals surface area contributed by atoms with Crippen molar-refractivity contribution in [3.8, 4) is 11.5 Å². The van der Waals surface area contributed by atoms with Crippen LogP contribution in [0.2, 0.25) is 0 Å². The van der Waals surface area contributed by atoms with Crippen molar-refractivity contribution in [1.82, 2.24) is 0 Å². The Morgan fingerprint density at radius 2 is 1.79 bits per heavy atom. The van der Waals surface area contributed by atoms with E-state index in [4.69, 9.17) is 10.5 Å². The van der Waals surface area contributed by atoms with Crippen molar-refractivity contribution in [3.63, 3.8) is 0 Å². The maximum atomic E-state index is 10.6. The zero-order chi connectivity index (χ0) is 13.8. The lowest BCUT2D eigenvalue weighted by Crippen LogP contribution is -2.06. The zero-order valence-corrected chi connectivity index (χ0v) is 10.4. The van der Waals surface area contributed by atoms with E-state index in [2.05, 4.69) is 0 Å². The van der Waals surface area contributed by atoms with Crippen LogP contribution in [0.3, 0.4) is 0 Å². The van der Waals surface area contributed by atoms with E-state index in [9.17, 15) is 10.1 Å². The van der Waals surface area contributed by atoms with Gasteiger partial charge in [0.15, 0.2) is 0 Å². The highest BCUT2D eigenvalue weighted by Crippen LogP contribution is 2.29. The molecule has 0 heterocycles. The van der Waals surface area contributed by atoms with Gasteiger partial charge in [-0.3, -0.25) is 10.1 Å². The van der Waals surface area contributed by atoms with Crippen molar-refractivity contribution in [2.75, 3.05) is 0 Å². The van der Waals surface area contributed by atoms with Crippen LogP contribution in [0, 0.1) is 10.1 Å². The van der Waals surface area contributed by atoms with Crippen LogP contribution in [0.25, 0.3) is 0 Å². The molecule has 0 spiro atoms. The van der Waals surface area contributed by atoms with Gasteiger partial charge in [0.1, 0.15) is 11.5 Å². The molecular formula is C14H14N2O3. The molecule has 0 aliphatic heterocycles. The van der Waals surface area contributed by atoms with Crippen LogP contribution in [-0.2, 0) is 0 Å². The molecular weight excluding hydrogens is 244 g/mol. The van der Waals surface area contributed by atoms with Crippen LogP contribution < -0.4 is 10.5 Å². The lowest BCUT2D eigenvalue weighted by molar-refractivity contribution is -0.384. The van der Waals surface area contributed by atoms with Gasteiger partial charge in [0, 0.05) is 23.7 Å². The summed E-state index contributed by atoms with van der Waals surface area (Å²) in [6.45, 7) is 1.87. The highest BCUT2D eigenvalue weighted by atomic mass is 16.6. The third kappa shape index (κ3) is 3.08. The molecule has 0 aromatic heterocycles. The Balaban J connectivity index is 2.24. The first-order valence-electron chi connectivity index (χ1n) is 5.85. The lowest BCUT2D eigenvalue weighted by Gasteiger charge is -2.13. The molecule has 0 bridgehead atoms. The monoisotopic (exact) mass is 258 g/mol. The van der Waals surface area contributed by atoms with Crippen molar-refractivity contribution < 1.29 is 9.66 Å². The molecule has 2 rings (SSSR count). The van der Waals surface area contributed by atoms with Gasteiger partial charge in [0.05, 0.1) is 4.92 Å². The van der Waals surface area contributed by atoms with Crippen LogP contribution in [0.5, 0.6) is 11.5 Å². The molecule has 0 fully saturated rings. The molecule has 19 heavy (non-hydrogen) atoms. The molecule has 98 valence electrons. The van der Waals surface area contributed by atoms with Gasteiger partial charge in [0.25, 0.3) is 5.69 Å². The number of hydrogen-bond donors (Lipinski definition) is 1. The Morgan fingerprint density at radius 3 is 2.37 bits per heavy atom. The predicted molar refractivity (Wildman–Crippen MR) is 72.2 cm³/mol. The predicted octanol–water partition coefficient (Wildman–Crippen LogP) is 3.41. The van der Waals surface area contributed by atoms with Gasteiger partial charge < -0.3 is 10.5 Å². The van der Waals surface area contributed by atoms with Gasteiger partial charge >= 0.3 is 0 Å². The molecule has 0 aliphatic carbocycles. The molecule has 0 saturated carbocycles. The summed E-state index contributed by atoms with van der Waals surface area (Å²) >= 11 is 0. The van der Waals surface area contributed by atoms with Gasteiger partial charge in [0.2, 0.25) is 0 Å². The molecule has 2 aromatic carbocycles. The largest absolute Gasteiger partial charge is 0.457 e. The fraction of sp³-hybridized carbons (Fsp3) is 0.143. The summed E-state index contributed by atoms with van der Waals surface area (Å²) in [7, 11) is 0. The summed E-state index contributed by atoms with van der Waals surface area (Å²) in [5.41, 5.74) is 6.79. The molecule has 5 heteroatoms. The van der Waals surface area contributed by atoms with Crippen LogP contribution >= 0.6 is 0 Å². The van der Waals surface area contributed by atoms with E-state index < -0.39 is 4.92 Å². The van der Waals surface area contributed by atoms with E-state index >= 15 is 0 Å². The average molecular weight is 258 g/mol. The summed E-state index contributed by atoms with van der Waals surface area (Å²) in [5, 5.41) is 10.6. The molecule has 2 N–H and O–H groups in total. The van der Waals surface area contributed by atoms with Gasteiger partial charge in [-0.05, 0) is 25.1 Å². The topological polar surface area (TPSA) is 78.4 Å². The van der Waals surface area contributed by atoms with Gasteiger partial charge in [-0.2, -0.15) is 0 Å². The molecule has 0 amide bonds. The number of nitrogens with zero attached hydrogens (tertiary/aromatic N) is 1. The van der Waals surface area contributed by atoms with E-state index in [-0.39, 0.29) is 11.7 Å². The van der Waals surface area contributed by atoms with Crippen molar-refractivity contribution in [1.29, 1.82) is 0 Å². The maximum absolute atomic E-state index is 10.6. The number of ether oxygens (including phenoxy) is 1. The Kier molecular flexibility index (Phi) is 3.77. The zero-order valence-electron chi connectivity index (χ0n) is 10.4. The Hall–Kier alpha value is -2.40. The number of nitro benzene ring substituents is 1. The van der Waals surface area contributed by atoms with Crippen molar-refractivity contribution in [3.05, 3.63) is 64.2 Å². The second-order valence-corrected chi connectivity index (χ2v) is 4.18. The summed E-state index contributed by atoms with van der Waals surface area (Å²) in [6.07, 6.45) is 0. The summed E-state index contributed by atoms with van der Waals surface area (Å²) in [5.74, 6) is 1.20. The second-order valence-electron chi connectivity index (χ2n) is 4.18. The third-order valence-electron chi connectivity index (χ3n) is 2.68. The number of hydrogen-bond acceptors (Lipinski definition) is 4. The minimum absolute atomic E-state index is 0.0350. The average Bonchev–Trinajstić information content (AvgIpc) is 2.39. The molecule has 1 atom stereocenters. The first-order chi connectivity index (χ1) is 9.08. The van der Waals surface area contributed by atoms with E-state index in [0.717, 1.165) is 5.56 Å². The normalized spacial score (nSPS) is 11.9. The van der Waals surface area contributed by atoms with Gasteiger partial charge in [-0.1, -0.05) is 18.2 Å². The third-order valence-corrected chi connectivity index (χ3v) is 2.68. The fourth-order valence-electron chi connectivity index (χ4n) is 1.71. The number of non-ortho nitro benzene ring substituents is 1. The van der Waals surface area contributed by atoms with Crippen LogP contribution in [0.1, 0.15) is 18.5 Å². The Bertz CT molecular complexity index is 579. The number of benzene rings is 2. The van der Waals surface area contributed by atoms with Crippen molar-refractivity contribution in [2.24, 2.45) is 5.73 Å². The van der Waals surface area contributed by atoms with Crippen LogP contribution in [0.4, 0.5) is 5.69 Å². The van der Waals surface area contributed by atoms with Crippen molar-refractivity contribution in [2.45, 2.75) is 13.0 Å². The molecule has 0 radical (unpaired) electrons. The SMILES string of the molecule is C[C@@H](N)c1ccccc1Oc1ccc([N+](=O)[O-])cc1. The number of nitrogens with two attached hydrogens (primary N) is 1. The maximum Gasteiger partial charge on any atom is 0.269 e. The van der Waals surface area contributed by atoms with Crippen LogP contribution in [-0.4, -0.2) is 4.92 Å². The first-order valence-corrected chi connectivity index (χ1v) is 5.85. The Labute approximate surface area is 110 Å². The van der Waals surface area contributed by atoms with E-state index in [1.807, 2.05) is 31.2 Å².